The molecule has 2 rings (SSSR count). The highest BCUT2D eigenvalue weighted by molar-refractivity contribution is 7.21. The lowest BCUT2D eigenvalue weighted by Crippen LogP contribution is -2.12. The summed E-state index contributed by atoms with van der Waals surface area (Å²) in [4.78, 5) is 7.38. The zero-order chi connectivity index (χ0) is 11.5. The summed E-state index contributed by atoms with van der Waals surface area (Å²) in [6.45, 7) is 4.32. The number of aromatic nitrogens is 1. The van der Waals surface area contributed by atoms with Gasteiger partial charge in [0.1, 0.15) is 5.01 Å². The lowest BCUT2D eigenvalue weighted by atomic mass is 10.3. The van der Waals surface area contributed by atoms with E-state index in [4.69, 9.17) is 0 Å². The summed E-state index contributed by atoms with van der Waals surface area (Å²) >= 11 is 3.58. The molecule has 16 heavy (non-hydrogen) atoms. The molecule has 1 atom stereocenters. The lowest BCUT2D eigenvalue weighted by Gasteiger charge is -2.04. The van der Waals surface area contributed by atoms with E-state index in [1.54, 1.807) is 11.3 Å². The van der Waals surface area contributed by atoms with Crippen LogP contribution in [0.15, 0.2) is 17.5 Å². The first-order chi connectivity index (χ1) is 7.74. The van der Waals surface area contributed by atoms with Crippen molar-refractivity contribution >= 4 is 22.7 Å². The van der Waals surface area contributed by atoms with E-state index in [0.717, 1.165) is 17.1 Å². The zero-order valence-electron chi connectivity index (χ0n) is 9.78. The summed E-state index contributed by atoms with van der Waals surface area (Å²) in [6.07, 6.45) is 1.11. The number of nitrogens with one attached hydrogen (secondary N) is 1. The standard InChI is InChI=1S/C12H16N2S2/c1-4-9-5-6-11(16-9)12-14-10(7-15-12)8(2)13-3/h5-8,13H,4H2,1-3H3. The molecule has 0 aliphatic heterocycles. The van der Waals surface area contributed by atoms with Crippen LogP contribution in [0.25, 0.3) is 9.88 Å². The minimum Gasteiger partial charge on any atom is -0.312 e. The lowest BCUT2D eigenvalue weighted by molar-refractivity contribution is 0.637. The molecule has 0 radical (unpaired) electrons. The van der Waals surface area contributed by atoms with Gasteiger partial charge in [-0.2, -0.15) is 0 Å². The highest BCUT2D eigenvalue weighted by Crippen LogP contribution is 2.31. The second-order valence-electron chi connectivity index (χ2n) is 3.71. The van der Waals surface area contributed by atoms with Gasteiger partial charge in [-0.1, -0.05) is 6.92 Å². The number of nitrogens with zero attached hydrogens (tertiary/aromatic N) is 1. The first-order valence-corrected chi connectivity index (χ1v) is 7.16. The average Bonchev–Trinajstić information content (AvgIpc) is 2.95. The minimum absolute atomic E-state index is 0.329. The molecule has 86 valence electrons. The Hall–Kier alpha value is -0.710. The van der Waals surface area contributed by atoms with Crippen LogP contribution in [0.2, 0.25) is 0 Å². The predicted molar refractivity (Wildman–Crippen MR) is 72.3 cm³/mol. The van der Waals surface area contributed by atoms with E-state index in [-0.39, 0.29) is 0 Å². The molecule has 1 N–H and O–H groups in total. The maximum Gasteiger partial charge on any atom is 0.133 e. The Morgan fingerprint density at radius 3 is 2.88 bits per heavy atom. The van der Waals surface area contributed by atoms with Crippen molar-refractivity contribution in [2.45, 2.75) is 26.3 Å². The molecule has 0 saturated heterocycles. The summed E-state index contributed by atoms with van der Waals surface area (Å²) in [5, 5.41) is 6.49. The first-order valence-electron chi connectivity index (χ1n) is 5.46. The smallest absolute Gasteiger partial charge is 0.133 e. The second-order valence-corrected chi connectivity index (χ2v) is 5.73. The van der Waals surface area contributed by atoms with E-state index in [0.29, 0.717) is 6.04 Å². The third-order valence-corrected chi connectivity index (χ3v) is 4.88. The highest BCUT2D eigenvalue weighted by atomic mass is 32.1. The molecule has 2 nitrogen and oxygen atoms in total. The van der Waals surface area contributed by atoms with Crippen LogP contribution in [0.3, 0.4) is 0 Å². The van der Waals surface area contributed by atoms with Crippen molar-refractivity contribution in [1.29, 1.82) is 0 Å². The predicted octanol–water partition coefficient (Wildman–Crippen LogP) is 3.71. The molecular formula is C12H16N2S2. The highest BCUT2D eigenvalue weighted by Gasteiger charge is 2.10. The molecule has 2 aromatic heterocycles. The van der Waals surface area contributed by atoms with Gasteiger partial charge in [-0.3, -0.25) is 0 Å². The van der Waals surface area contributed by atoms with Crippen LogP contribution < -0.4 is 5.32 Å². The van der Waals surface area contributed by atoms with Gasteiger partial charge in [0.15, 0.2) is 0 Å². The fourth-order valence-corrected chi connectivity index (χ4v) is 3.36. The van der Waals surface area contributed by atoms with Crippen molar-refractivity contribution in [3.05, 3.63) is 28.1 Å². The van der Waals surface area contributed by atoms with E-state index < -0.39 is 0 Å². The molecule has 4 heteroatoms. The minimum atomic E-state index is 0.329. The van der Waals surface area contributed by atoms with Gasteiger partial charge in [0.05, 0.1) is 10.6 Å². The van der Waals surface area contributed by atoms with E-state index in [1.807, 2.05) is 18.4 Å². The van der Waals surface area contributed by atoms with Crippen molar-refractivity contribution in [3.8, 4) is 9.88 Å². The molecule has 0 spiro atoms. The average molecular weight is 252 g/mol. The third kappa shape index (κ3) is 2.34. The monoisotopic (exact) mass is 252 g/mol. The Morgan fingerprint density at radius 2 is 2.25 bits per heavy atom. The van der Waals surface area contributed by atoms with Gasteiger partial charge in [0.25, 0.3) is 0 Å². The van der Waals surface area contributed by atoms with Gasteiger partial charge in [0, 0.05) is 16.3 Å². The Bertz CT molecular complexity index is 459. The third-order valence-electron chi connectivity index (χ3n) is 2.62. The van der Waals surface area contributed by atoms with Crippen LogP contribution in [0, 0.1) is 0 Å². The number of aryl methyl sites for hydroxylation is 1. The molecule has 0 aliphatic rings. The number of thiazole rings is 1. The number of rotatable bonds is 4. The number of thiophene rings is 1. The number of hydrogen-bond donors (Lipinski definition) is 1. The Kier molecular flexibility index (Phi) is 3.74. The number of hydrogen-bond acceptors (Lipinski definition) is 4. The van der Waals surface area contributed by atoms with Crippen LogP contribution >= 0.6 is 22.7 Å². The SMILES string of the molecule is CCc1ccc(-c2nc(C(C)NC)cs2)s1. The van der Waals surface area contributed by atoms with E-state index in [1.165, 1.54) is 9.75 Å². The topological polar surface area (TPSA) is 24.9 Å². The Morgan fingerprint density at radius 1 is 1.44 bits per heavy atom. The normalized spacial score (nSPS) is 12.9. The van der Waals surface area contributed by atoms with Crippen molar-refractivity contribution in [3.63, 3.8) is 0 Å². The van der Waals surface area contributed by atoms with Crippen LogP contribution in [0.5, 0.6) is 0 Å². The molecule has 0 amide bonds. The Labute approximate surface area is 104 Å². The van der Waals surface area contributed by atoms with Gasteiger partial charge >= 0.3 is 0 Å². The second kappa shape index (κ2) is 5.08. The van der Waals surface area contributed by atoms with E-state index in [2.05, 4.69) is 41.7 Å². The van der Waals surface area contributed by atoms with Crippen LogP contribution in [0.1, 0.15) is 30.5 Å². The molecule has 0 fully saturated rings. The molecule has 0 aromatic carbocycles. The van der Waals surface area contributed by atoms with Crippen molar-refractivity contribution in [2.75, 3.05) is 7.05 Å². The fraction of sp³-hybridized carbons (Fsp3) is 0.417. The van der Waals surface area contributed by atoms with Crippen LogP contribution in [-0.2, 0) is 6.42 Å². The van der Waals surface area contributed by atoms with Crippen LogP contribution in [-0.4, -0.2) is 12.0 Å². The summed E-state index contributed by atoms with van der Waals surface area (Å²) < 4.78 is 0. The maximum absolute atomic E-state index is 4.67. The molecule has 1 unspecified atom stereocenters. The fourth-order valence-electron chi connectivity index (χ4n) is 1.43. The van der Waals surface area contributed by atoms with Crippen molar-refractivity contribution in [1.82, 2.24) is 10.3 Å². The van der Waals surface area contributed by atoms with Crippen molar-refractivity contribution < 1.29 is 0 Å². The summed E-state index contributed by atoms with van der Waals surface area (Å²) in [6, 6.07) is 4.70. The Balaban J connectivity index is 2.24. The largest absolute Gasteiger partial charge is 0.312 e. The van der Waals surface area contributed by atoms with Gasteiger partial charge in [-0.25, -0.2) is 4.98 Å². The summed E-state index contributed by atoms with van der Waals surface area (Å²) in [5.41, 5.74) is 1.13. The van der Waals surface area contributed by atoms with Gasteiger partial charge in [0.2, 0.25) is 0 Å². The van der Waals surface area contributed by atoms with Crippen molar-refractivity contribution in [2.24, 2.45) is 0 Å². The summed E-state index contributed by atoms with van der Waals surface area (Å²) in [7, 11) is 1.96. The quantitative estimate of drug-likeness (QED) is 0.897. The van der Waals surface area contributed by atoms with Gasteiger partial charge in [-0.15, -0.1) is 22.7 Å². The molecule has 2 aromatic rings. The first kappa shape index (κ1) is 11.8. The van der Waals surface area contributed by atoms with E-state index >= 15 is 0 Å². The molecule has 2 heterocycles. The van der Waals surface area contributed by atoms with E-state index in [9.17, 15) is 0 Å². The molecule has 0 bridgehead atoms. The molecular weight excluding hydrogens is 236 g/mol. The maximum atomic E-state index is 4.67. The summed E-state index contributed by atoms with van der Waals surface area (Å²) in [5.74, 6) is 0. The molecule has 0 aliphatic carbocycles. The van der Waals surface area contributed by atoms with Crippen LogP contribution in [0.4, 0.5) is 0 Å². The van der Waals surface area contributed by atoms with Gasteiger partial charge < -0.3 is 5.32 Å². The zero-order valence-corrected chi connectivity index (χ0v) is 11.4. The van der Waals surface area contributed by atoms with Gasteiger partial charge in [-0.05, 0) is 32.5 Å². The molecule has 0 saturated carbocycles.